The number of likely N-dealkylation sites (N-methyl/N-ethyl adjacent to an activating group) is 1. The Bertz CT molecular complexity index is 1070. The molecule has 0 spiro atoms. The van der Waals surface area contributed by atoms with Crippen LogP contribution in [0.15, 0.2) is 65.6 Å². The van der Waals surface area contributed by atoms with Crippen LogP contribution in [0.25, 0.3) is 10.9 Å². The number of carbonyl (C=O) groups excluding carboxylic acids is 1. The molecule has 6 nitrogen and oxygen atoms in total. The Morgan fingerprint density at radius 3 is 2.41 bits per heavy atom. The van der Waals surface area contributed by atoms with Gasteiger partial charge in [0.2, 0.25) is 15.9 Å². The maximum Gasteiger partial charge on any atom is 0.243 e. The van der Waals surface area contributed by atoms with Gasteiger partial charge in [-0.25, -0.2) is 8.42 Å². The first kappa shape index (κ1) is 19.7. The number of rotatable bonds is 5. The third kappa shape index (κ3) is 4.06. The van der Waals surface area contributed by atoms with E-state index < -0.39 is 10.0 Å². The number of carbonyl (C=O) groups is 1. The van der Waals surface area contributed by atoms with Crippen molar-refractivity contribution >= 4 is 26.8 Å². The first-order chi connectivity index (χ1) is 13.9. The third-order valence-electron chi connectivity index (χ3n) is 5.65. The van der Waals surface area contributed by atoms with E-state index in [1.807, 2.05) is 12.1 Å². The van der Waals surface area contributed by atoms with E-state index in [9.17, 15) is 13.2 Å². The number of aromatic nitrogens is 1. The van der Waals surface area contributed by atoms with E-state index in [2.05, 4.69) is 23.2 Å². The van der Waals surface area contributed by atoms with Gasteiger partial charge in [0.1, 0.15) is 0 Å². The van der Waals surface area contributed by atoms with Crippen LogP contribution in [0.4, 0.5) is 0 Å². The second kappa shape index (κ2) is 8.00. The maximum atomic E-state index is 12.7. The molecule has 0 unspecified atom stereocenters. The van der Waals surface area contributed by atoms with Gasteiger partial charge in [0.25, 0.3) is 0 Å². The first-order valence-electron chi connectivity index (χ1n) is 9.82. The summed E-state index contributed by atoms with van der Waals surface area (Å²) in [5.41, 5.74) is 2.34. The minimum absolute atomic E-state index is 0.145. The number of H-pyrrole nitrogens is 1. The van der Waals surface area contributed by atoms with Crippen LogP contribution in [-0.2, 0) is 14.8 Å². The molecule has 1 fully saturated rings. The van der Waals surface area contributed by atoms with E-state index in [4.69, 9.17) is 0 Å². The van der Waals surface area contributed by atoms with Gasteiger partial charge in [-0.15, -0.1) is 0 Å². The molecule has 1 aromatic heterocycles. The number of nitrogens with one attached hydrogen (secondary N) is 1. The summed E-state index contributed by atoms with van der Waals surface area (Å²) >= 11 is 0. The first-order valence-corrected chi connectivity index (χ1v) is 11.3. The maximum absolute atomic E-state index is 12.7. The summed E-state index contributed by atoms with van der Waals surface area (Å²) in [6.45, 7) is 1.13. The van der Waals surface area contributed by atoms with Crippen molar-refractivity contribution in [2.24, 2.45) is 0 Å². The number of sulfonamides is 1. The van der Waals surface area contributed by atoms with Crippen LogP contribution in [-0.4, -0.2) is 55.2 Å². The predicted molar refractivity (Wildman–Crippen MR) is 113 cm³/mol. The Balaban J connectivity index is 1.36. The van der Waals surface area contributed by atoms with Crippen LogP contribution in [0.3, 0.4) is 0 Å². The van der Waals surface area contributed by atoms with E-state index in [0.29, 0.717) is 19.0 Å². The van der Waals surface area contributed by atoms with Crippen molar-refractivity contribution in [2.45, 2.75) is 23.7 Å². The molecule has 1 saturated heterocycles. The summed E-state index contributed by atoms with van der Waals surface area (Å²) in [5.74, 6) is 0.235. The van der Waals surface area contributed by atoms with Crippen LogP contribution < -0.4 is 0 Å². The lowest BCUT2D eigenvalue weighted by atomic mass is 9.93. The van der Waals surface area contributed by atoms with Crippen molar-refractivity contribution in [1.29, 1.82) is 0 Å². The normalized spacial score (nSPS) is 15.9. The Morgan fingerprint density at radius 2 is 1.72 bits per heavy atom. The lowest BCUT2D eigenvalue weighted by Gasteiger charge is -2.32. The zero-order chi connectivity index (χ0) is 20.4. The summed E-state index contributed by atoms with van der Waals surface area (Å²) in [6, 6.07) is 18.6. The number of likely N-dealkylation sites (tertiary alicyclic amines) is 1. The lowest BCUT2D eigenvalue weighted by Crippen LogP contribution is -2.44. The Hall–Kier alpha value is -2.64. The van der Waals surface area contributed by atoms with Gasteiger partial charge in [-0.1, -0.05) is 36.4 Å². The molecule has 1 aliphatic rings. The monoisotopic (exact) mass is 411 g/mol. The fraction of sp³-hybridized carbons (Fsp3) is 0.318. The molecule has 7 heteroatoms. The van der Waals surface area contributed by atoms with E-state index in [0.717, 1.165) is 22.7 Å². The molecule has 29 heavy (non-hydrogen) atoms. The molecule has 1 aliphatic heterocycles. The smallest absolute Gasteiger partial charge is 0.243 e. The highest BCUT2D eigenvalue weighted by Gasteiger charge is 2.28. The largest absolute Gasteiger partial charge is 0.358 e. The number of para-hydroxylation sites is 1. The number of aromatic amines is 1. The van der Waals surface area contributed by atoms with Gasteiger partial charge >= 0.3 is 0 Å². The number of nitrogens with zero attached hydrogens (tertiary/aromatic N) is 2. The van der Waals surface area contributed by atoms with Crippen LogP contribution >= 0.6 is 0 Å². The topological polar surface area (TPSA) is 73.5 Å². The molecule has 0 aliphatic carbocycles. The molecule has 1 N–H and O–H groups in total. The molecule has 0 radical (unpaired) electrons. The predicted octanol–water partition coefficient (Wildman–Crippen LogP) is 3.19. The van der Waals surface area contributed by atoms with Gasteiger partial charge in [-0.2, -0.15) is 4.31 Å². The van der Waals surface area contributed by atoms with Crippen molar-refractivity contribution in [3.8, 4) is 0 Å². The Labute approximate surface area is 171 Å². The van der Waals surface area contributed by atoms with Crippen molar-refractivity contribution in [3.05, 3.63) is 66.4 Å². The van der Waals surface area contributed by atoms with Gasteiger partial charge in [-0.05, 0) is 42.5 Å². The number of fused-ring (bicyclic) bond motifs is 1. The van der Waals surface area contributed by atoms with E-state index in [-0.39, 0.29) is 17.3 Å². The molecular weight excluding hydrogens is 386 g/mol. The molecule has 0 bridgehead atoms. The lowest BCUT2D eigenvalue weighted by molar-refractivity contribution is -0.132. The minimum Gasteiger partial charge on any atom is -0.358 e. The van der Waals surface area contributed by atoms with Crippen molar-refractivity contribution in [3.63, 3.8) is 0 Å². The van der Waals surface area contributed by atoms with Crippen molar-refractivity contribution in [1.82, 2.24) is 14.2 Å². The molecule has 0 atom stereocenters. The fourth-order valence-corrected chi connectivity index (χ4v) is 5.04. The molecule has 4 rings (SSSR count). The highest BCUT2D eigenvalue weighted by molar-refractivity contribution is 7.89. The van der Waals surface area contributed by atoms with Gasteiger partial charge in [0.15, 0.2) is 0 Å². The molecule has 152 valence electrons. The summed E-state index contributed by atoms with van der Waals surface area (Å²) in [5, 5.41) is 1.20. The van der Waals surface area contributed by atoms with Crippen LogP contribution in [0.1, 0.15) is 24.5 Å². The summed E-state index contributed by atoms with van der Waals surface area (Å²) in [6.07, 6.45) is 1.74. The average Bonchev–Trinajstić information content (AvgIpc) is 3.18. The molecular formula is C22H25N3O3S. The van der Waals surface area contributed by atoms with E-state index >= 15 is 0 Å². The van der Waals surface area contributed by atoms with Crippen molar-refractivity contribution < 1.29 is 13.2 Å². The highest BCUT2D eigenvalue weighted by Crippen LogP contribution is 2.30. The third-order valence-corrected chi connectivity index (χ3v) is 7.47. The van der Waals surface area contributed by atoms with E-state index in [1.54, 1.807) is 35.2 Å². The van der Waals surface area contributed by atoms with Gasteiger partial charge in [0.05, 0.1) is 11.4 Å². The highest BCUT2D eigenvalue weighted by atomic mass is 32.2. The van der Waals surface area contributed by atoms with Gasteiger partial charge < -0.3 is 9.88 Å². The quantitative estimate of drug-likeness (QED) is 0.701. The standard InChI is InChI=1S/C22H25N3O3S/c1-24(29(27,28)19-8-3-2-4-9-19)16-22(26)25-13-11-17(12-14-25)21-15-18-7-5-6-10-20(18)23-21/h2-10,15,17,23H,11-14,16H2,1H3. The molecule has 2 aromatic carbocycles. The van der Waals surface area contributed by atoms with Crippen molar-refractivity contribution in [2.75, 3.05) is 26.7 Å². The van der Waals surface area contributed by atoms with Crippen LogP contribution in [0.5, 0.6) is 0 Å². The van der Waals surface area contributed by atoms with Gasteiger partial charge in [-0.3, -0.25) is 4.79 Å². The van der Waals surface area contributed by atoms with Gasteiger partial charge in [0, 0.05) is 37.3 Å². The van der Waals surface area contributed by atoms with E-state index in [1.165, 1.54) is 18.1 Å². The molecule has 0 saturated carbocycles. The van der Waals surface area contributed by atoms with Crippen LogP contribution in [0, 0.1) is 0 Å². The molecule has 3 aromatic rings. The zero-order valence-corrected chi connectivity index (χ0v) is 17.2. The zero-order valence-electron chi connectivity index (χ0n) is 16.4. The molecule has 1 amide bonds. The SMILES string of the molecule is CN(CC(=O)N1CCC(c2cc3ccccc3[nH]2)CC1)S(=O)(=O)c1ccccc1. The number of hydrogen-bond donors (Lipinski definition) is 1. The molecule has 2 heterocycles. The second-order valence-electron chi connectivity index (χ2n) is 7.54. The van der Waals surface area contributed by atoms with Crippen LogP contribution in [0.2, 0.25) is 0 Å². The Morgan fingerprint density at radius 1 is 1.07 bits per heavy atom. The number of benzene rings is 2. The second-order valence-corrected chi connectivity index (χ2v) is 9.59. The summed E-state index contributed by atoms with van der Waals surface area (Å²) in [7, 11) is -2.20. The Kier molecular flexibility index (Phi) is 5.43. The number of piperidine rings is 1. The average molecular weight is 412 g/mol. The summed E-state index contributed by atoms with van der Waals surface area (Å²) in [4.78, 5) is 18.1. The number of hydrogen-bond acceptors (Lipinski definition) is 3. The minimum atomic E-state index is -3.66. The fourth-order valence-electron chi connectivity index (χ4n) is 3.90. The summed E-state index contributed by atoms with van der Waals surface area (Å²) < 4.78 is 26.4. The number of amides is 1.